The molecule has 0 aliphatic heterocycles. The van der Waals surface area contributed by atoms with Gasteiger partial charge in [0.2, 0.25) is 5.41 Å². The van der Waals surface area contributed by atoms with E-state index in [9.17, 15) is 9.59 Å². The molecule has 9 heteroatoms. The highest BCUT2D eigenvalue weighted by atomic mass is 79.9. The molecule has 0 fully saturated rings. The molecule has 0 heterocycles. The van der Waals surface area contributed by atoms with Crippen LogP contribution in [0, 0.1) is 5.41 Å². The minimum atomic E-state index is -5.19. The topological polar surface area (TPSA) is 52.6 Å². The van der Waals surface area contributed by atoms with Crippen LogP contribution in [0.3, 0.4) is 0 Å². The van der Waals surface area contributed by atoms with Crippen LogP contribution in [0.4, 0.5) is 13.2 Å². The van der Waals surface area contributed by atoms with Crippen molar-refractivity contribution in [2.45, 2.75) is 38.3 Å². The second-order valence-electron chi connectivity index (χ2n) is 6.58. The molecule has 162 valence electrons. The maximum Gasteiger partial charge on any atom is 0.410 e. The zero-order valence-electron chi connectivity index (χ0n) is 16.4. The average molecular weight is 505 g/mol. The van der Waals surface area contributed by atoms with Gasteiger partial charge in [-0.2, -0.15) is 13.2 Å². The number of allylic oxidation sites excluding steroid dienone is 2. The smallest absolute Gasteiger partial charge is 0.410 e. The molecule has 0 saturated heterocycles. The molecule has 3 unspecified atom stereocenters. The summed E-state index contributed by atoms with van der Waals surface area (Å²) in [6, 6.07) is 5.67. The van der Waals surface area contributed by atoms with E-state index in [0.717, 1.165) is 12.3 Å². The number of esters is 1. The van der Waals surface area contributed by atoms with E-state index in [-0.39, 0.29) is 24.0 Å². The number of carbonyl (C=O) groups is 2. The Morgan fingerprint density at radius 1 is 1.17 bits per heavy atom. The number of ether oxygens (including phenoxy) is 1. The number of hydrogen-bond acceptors (Lipinski definition) is 4. The summed E-state index contributed by atoms with van der Waals surface area (Å²) >= 11 is 3.23. The van der Waals surface area contributed by atoms with Gasteiger partial charge in [-0.05, 0) is 41.7 Å². The van der Waals surface area contributed by atoms with Crippen LogP contribution < -0.4 is 0 Å². The monoisotopic (exact) mass is 504 g/mol. The van der Waals surface area contributed by atoms with Crippen molar-refractivity contribution in [3.05, 3.63) is 70.4 Å². The standard InChI is InChI=1S/C21H21BrF3O4P/c1-4-13-11-12-19(17(26)28-6-3,14-7-9-15(22)10-8-14)20(16(13)5-2,18(27)29-30)21(23,24)25/h6-12H,3-5,30H2,1-2H3. The molecule has 0 bridgehead atoms. The number of rotatable bonds is 6. The Balaban J connectivity index is 3.15. The Kier molecular flexibility index (Phi) is 7.36. The minimum absolute atomic E-state index is 0.0670. The second kappa shape index (κ2) is 9.06. The second-order valence-corrected chi connectivity index (χ2v) is 7.74. The van der Waals surface area contributed by atoms with Crippen LogP contribution >= 0.6 is 25.4 Å². The zero-order valence-corrected chi connectivity index (χ0v) is 19.1. The van der Waals surface area contributed by atoms with Gasteiger partial charge in [0.25, 0.3) is 0 Å². The van der Waals surface area contributed by atoms with E-state index >= 15 is 13.2 Å². The molecular formula is C21H21BrF3O4P. The van der Waals surface area contributed by atoms with Crippen molar-refractivity contribution in [2.24, 2.45) is 5.41 Å². The first kappa shape index (κ1) is 24.4. The van der Waals surface area contributed by atoms with Crippen LogP contribution in [-0.2, 0) is 24.3 Å². The number of halogens is 4. The summed E-state index contributed by atoms with van der Waals surface area (Å²) in [6.07, 6.45) is -1.81. The summed E-state index contributed by atoms with van der Waals surface area (Å²) in [5.74, 6) is -2.90. The zero-order chi connectivity index (χ0) is 22.7. The van der Waals surface area contributed by atoms with Crippen molar-refractivity contribution < 1.29 is 32.0 Å². The summed E-state index contributed by atoms with van der Waals surface area (Å²) < 4.78 is 55.2. The first-order chi connectivity index (χ1) is 14.1. The number of carbonyl (C=O) groups excluding carboxylic acids is 2. The summed E-state index contributed by atoms with van der Waals surface area (Å²) in [4.78, 5) is 26.3. The van der Waals surface area contributed by atoms with E-state index in [2.05, 4.69) is 27.0 Å². The van der Waals surface area contributed by atoms with Crippen LogP contribution in [0.5, 0.6) is 0 Å². The normalized spacial score (nSPS) is 23.8. The minimum Gasteiger partial charge on any atom is -0.451 e. The lowest BCUT2D eigenvalue weighted by molar-refractivity contribution is -0.236. The van der Waals surface area contributed by atoms with Gasteiger partial charge in [-0.15, -0.1) is 0 Å². The summed E-state index contributed by atoms with van der Waals surface area (Å²) in [7, 11) is 1.56. The Morgan fingerprint density at radius 3 is 2.20 bits per heavy atom. The van der Waals surface area contributed by atoms with E-state index in [1.54, 1.807) is 16.4 Å². The summed E-state index contributed by atoms with van der Waals surface area (Å²) in [5, 5.41) is 0. The lowest BCUT2D eigenvalue weighted by Gasteiger charge is -2.49. The molecule has 0 radical (unpaired) electrons. The number of hydrogen-bond donors (Lipinski definition) is 0. The highest BCUT2D eigenvalue weighted by Crippen LogP contribution is 2.62. The Morgan fingerprint density at radius 2 is 1.77 bits per heavy atom. The van der Waals surface area contributed by atoms with Crippen molar-refractivity contribution >= 4 is 37.3 Å². The van der Waals surface area contributed by atoms with Crippen LogP contribution in [0.25, 0.3) is 0 Å². The van der Waals surface area contributed by atoms with Gasteiger partial charge in [0.15, 0.2) is 0 Å². The Bertz CT molecular complexity index is 908. The maximum atomic E-state index is 15.0. The van der Waals surface area contributed by atoms with Gasteiger partial charge in [-0.3, -0.25) is 9.59 Å². The summed E-state index contributed by atoms with van der Waals surface area (Å²) in [5.41, 5.74) is -5.88. The predicted molar refractivity (Wildman–Crippen MR) is 113 cm³/mol. The molecule has 1 aliphatic rings. The first-order valence-corrected chi connectivity index (χ1v) is 10.3. The fourth-order valence-corrected chi connectivity index (χ4v) is 4.61. The van der Waals surface area contributed by atoms with Gasteiger partial charge in [0.1, 0.15) is 5.41 Å². The summed E-state index contributed by atoms with van der Waals surface area (Å²) in [6.45, 7) is 6.48. The predicted octanol–water partition coefficient (Wildman–Crippen LogP) is 5.94. The van der Waals surface area contributed by atoms with Crippen LogP contribution in [0.15, 0.2) is 64.9 Å². The molecule has 30 heavy (non-hydrogen) atoms. The molecule has 0 amide bonds. The largest absolute Gasteiger partial charge is 0.451 e. The molecule has 0 spiro atoms. The van der Waals surface area contributed by atoms with Gasteiger partial charge >= 0.3 is 18.1 Å². The fraction of sp³-hybridized carbons (Fsp3) is 0.333. The van der Waals surface area contributed by atoms with Crippen molar-refractivity contribution in [3.63, 3.8) is 0 Å². The molecule has 1 aromatic rings. The van der Waals surface area contributed by atoms with Gasteiger partial charge < -0.3 is 9.26 Å². The molecular weight excluding hydrogens is 484 g/mol. The average Bonchev–Trinajstić information content (AvgIpc) is 2.71. The first-order valence-electron chi connectivity index (χ1n) is 9.06. The van der Waals surface area contributed by atoms with Gasteiger partial charge in [0.05, 0.1) is 15.7 Å². The molecule has 4 nitrogen and oxygen atoms in total. The molecule has 0 N–H and O–H groups in total. The third-order valence-corrected chi connectivity index (χ3v) is 6.09. The SMILES string of the molecule is C=COC(=O)C1(c2ccc(Br)cc2)C=CC(CC)=C(CC)C1(C(=O)OP)C(F)(F)F. The van der Waals surface area contributed by atoms with E-state index in [1.165, 1.54) is 37.3 Å². The third kappa shape index (κ3) is 3.44. The lowest BCUT2D eigenvalue weighted by Crippen LogP contribution is -2.64. The van der Waals surface area contributed by atoms with Gasteiger partial charge in [-0.25, -0.2) is 0 Å². The van der Waals surface area contributed by atoms with Crippen molar-refractivity contribution in [3.8, 4) is 0 Å². The highest BCUT2D eigenvalue weighted by Gasteiger charge is 2.77. The maximum absolute atomic E-state index is 15.0. The van der Waals surface area contributed by atoms with Gasteiger partial charge in [-0.1, -0.05) is 60.6 Å². The molecule has 1 aromatic carbocycles. The highest BCUT2D eigenvalue weighted by molar-refractivity contribution is 9.10. The lowest BCUT2D eigenvalue weighted by atomic mass is 9.52. The van der Waals surface area contributed by atoms with E-state index in [1.807, 2.05) is 0 Å². The Hall–Kier alpha value is -1.92. The molecule has 0 aromatic heterocycles. The van der Waals surface area contributed by atoms with E-state index in [0.29, 0.717) is 10.0 Å². The van der Waals surface area contributed by atoms with E-state index in [4.69, 9.17) is 4.74 Å². The third-order valence-electron chi connectivity index (χ3n) is 5.35. The molecule has 0 saturated carbocycles. The Labute approximate surface area is 183 Å². The number of benzene rings is 1. The fourth-order valence-electron chi connectivity index (χ4n) is 4.17. The van der Waals surface area contributed by atoms with Crippen molar-refractivity contribution in [1.29, 1.82) is 0 Å². The quantitative estimate of drug-likeness (QED) is 0.273. The molecule has 3 atom stereocenters. The molecule has 1 aliphatic carbocycles. The van der Waals surface area contributed by atoms with Crippen LogP contribution in [0.2, 0.25) is 0 Å². The van der Waals surface area contributed by atoms with Crippen molar-refractivity contribution in [1.82, 2.24) is 0 Å². The van der Waals surface area contributed by atoms with Crippen LogP contribution in [0.1, 0.15) is 32.3 Å². The van der Waals surface area contributed by atoms with E-state index < -0.39 is 28.9 Å². The number of alkyl halides is 3. The molecule has 2 rings (SSSR count). The van der Waals surface area contributed by atoms with Crippen LogP contribution in [-0.4, -0.2) is 18.1 Å². The van der Waals surface area contributed by atoms with Crippen molar-refractivity contribution in [2.75, 3.05) is 0 Å². The van der Waals surface area contributed by atoms with Gasteiger partial charge in [0, 0.05) is 4.47 Å².